The molecule has 1 amide bonds. The van der Waals surface area contributed by atoms with E-state index in [1.165, 1.54) is 0 Å². The second kappa shape index (κ2) is 6.88. The maximum absolute atomic E-state index is 11.6. The van der Waals surface area contributed by atoms with Crippen LogP contribution in [0.1, 0.15) is 27.3 Å². The van der Waals surface area contributed by atoms with Gasteiger partial charge in [0.25, 0.3) is 5.91 Å². The first kappa shape index (κ1) is 16.7. The molecule has 0 aliphatic rings. The van der Waals surface area contributed by atoms with Crippen LogP contribution >= 0.6 is 0 Å². The Morgan fingerprint density at radius 2 is 1.15 bits per heavy atom. The summed E-state index contributed by atoms with van der Waals surface area (Å²) in [5.41, 5.74) is 7.63. The molecular formula is C22H18N4O. The summed E-state index contributed by atoms with van der Waals surface area (Å²) in [7, 11) is 0. The third-order valence-corrected chi connectivity index (χ3v) is 4.63. The van der Waals surface area contributed by atoms with Gasteiger partial charge in [-0.25, -0.2) is 9.67 Å². The Balaban J connectivity index is 2.10. The topological polar surface area (TPSA) is 73.8 Å². The van der Waals surface area contributed by atoms with Crippen molar-refractivity contribution in [3.63, 3.8) is 0 Å². The predicted molar refractivity (Wildman–Crippen MR) is 103 cm³/mol. The Bertz CT molecular complexity index is 947. The number of rotatable bonds is 5. The molecule has 0 aliphatic carbocycles. The fraction of sp³-hybridized carbons (Fsp3) is 0.0455. The van der Waals surface area contributed by atoms with Crippen molar-refractivity contribution in [3.05, 3.63) is 120 Å². The average Bonchev–Trinajstić information content (AvgIpc) is 3.22. The molecule has 0 spiro atoms. The van der Waals surface area contributed by atoms with Crippen LogP contribution in [0.2, 0.25) is 0 Å². The minimum absolute atomic E-state index is 0.0119. The Hall–Kier alpha value is -3.73. The van der Waals surface area contributed by atoms with Gasteiger partial charge in [-0.15, -0.1) is 5.10 Å². The fourth-order valence-electron chi connectivity index (χ4n) is 3.47. The SMILES string of the molecule is NC(=O)c1ncn(C(c2ccccc2)(c2ccccc2)c2ccccc2)n1. The van der Waals surface area contributed by atoms with Gasteiger partial charge in [0, 0.05) is 0 Å². The summed E-state index contributed by atoms with van der Waals surface area (Å²) in [6.07, 6.45) is 1.56. The van der Waals surface area contributed by atoms with E-state index in [2.05, 4.69) is 10.1 Å². The van der Waals surface area contributed by atoms with Crippen molar-refractivity contribution in [2.75, 3.05) is 0 Å². The first-order valence-electron chi connectivity index (χ1n) is 8.61. The quantitative estimate of drug-likeness (QED) is 0.559. The third kappa shape index (κ3) is 2.79. The lowest BCUT2D eigenvalue weighted by atomic mass is 9.77. The Labute approximate surface area is 157 Å². The summed E-state index contributed by atoms with van der Waals surface area (Å²) < 4.78 is 1.72. The predicted octanol–water partition coefficient (Wildman–Crippen LogP) is 3.22. The Morgan fingerprint density at radius 1 is 0.741 bits per heavy atom. The molecule has 0 fully saturated rings. The van der Waals surface area contributed by atoms with Gasteiger partial charge in [-0.1, -0.05) is 91.0 Å². The molecule has 132 valence electrons. The van der Waals surface area contributed by atoms with Crippen molar-refractivity contribution in [2.24, 2.45) is 5.73 Å². The van der Waals surface area contributed by atoms with Gasteiger partial charge in [0.2, 0.25) is 5.82 Å². The molecule has 4 rings (SSSR count). The molecule has 0 atom stereocenters. The number of hydrogen-bond donors (Lipinski definition) is 1. The largest absolute Gasteiger partial charge is 0.363 e. The summed E-state index contributed by atoms with van der Waals surface area (Å²) in [4.78, 5) is 15.8. The zero-order valence-electron chi connectivity index (χ0n) is 14.6. The monoisotopic (exact) mass is 354 g/mol. The van der Waals surface area contributed by atoms with Crippen molar-refractivity contribution in [1.29, 1.82) is 0 Å². The normalized spacial score (nSPS) is 11.3. The number of aromatic nitrogens is 3. The highest BCUT2D eigenvalue weighted by molar-refractivity contribution is 5.88. The van der Waals surface area contributed by atoms with E-state index in [0.29, 0.717) is 0 Å². The molecule has 27 heavy (non-hydrogen) atoms. The zero-order chi connectivity index (χ0) is 18.7. The second-order valence-electron chi connectivity index (χ2n) is 6.19. The van der Waals surface area contributed by atoms with Gasteiger partial charge < -0.3 is 5.73 Å². The van der Waals surface area contributed by atoms with E-state index in [4.69, 9.17) is 5.73 Å². The van der Waals surface area contributed by atoms with E-state index in [9.17, 15) is 4.79 Å². The van der Waals surface area contributed by atoms with E-state index >= 15 is 0 Å². The zero-order valence-corrected chi connectivity index (χ0v) is 14.6. The first-order valence-corrected chi connectivity index (χ1v) is 8.61. The Kier molecular flexibility index (Phi) is 4.26. The molecule has 5 heteroatoms. The minimum atomic E-state index is -0.787. The average molecular weight is 354 g/mol. The van der Waals surface area contributed by atoms with Crippen LogP contribution in [-0.2, 0) is 5.54 Å². The van der Waals surface area contributed by atoms with Crippen molar-refractivity contribution >= 4 is 5.91 Å². The lowest BCUT2D eigenvalue weighted by molar-refractivity contribution is 0.0990. The molecule has 5 nitrogen and oxygen atoms in total. The van der Waals surface area contributed by atoms with E-state index < -0.39 is 11.4 Å². The van der Waals surface area contributed by atoms with Crippen molar-refractivity contribution in [1.82, 2.24) is 14.8 Å². The van der Waals surface area contributed by atoms with Gasteiger partial charge in [-0.3, -0.25) is 4.79 Å². The number of nitrogens with zero attached hydrogens (tertiary/aromatic N) is 3. The molecule has 1 heterocycles. The summed E-state index contributed by atoms with van der Waals surface area (Å²) in [5, 5.41) is 4.44. The van der Waals surface area contributed by atoms with Crippen molar-refractivity contribution in [3.8, 4) is 0 Å². The molecule has 0 unspecified atom stereocenters. The van der Waals surface area contributed by atoms with Crippen LogP contribution in [0.5, 0.6) is 0 Å². The molecule has 0 bridgehead atoms. The second-order valence-corrected chi connectivity index (χ2v) is 6.19. The van der Waals surface area contributed by atoms with Crippen LogP contribution in [0.25, 0.3) is 0 Å². The van der Waals surface area contributed by atoms with Crippen molar-refractivity contribution < 1.29 is 4.79 Å². The first-order chi connectivity index (χ1) is 13.2. The van der Waals surface area contributed by atoms with E-state index in [0.717, 1.165) is 16.7 Å². The summed E-state index contributed by atoms with van der Waals surface area (Å²) in [5.74, 6) is -0.668. The molecule has 0 radical (unpaired) electrons. The summed E-state index contributed by atoms with van der Waals surface area (Å²) in [6, 6.07) is 30.1. The highest BCUT2D eigenvalue weighted by Gasteiger charge is 2.39. The highest BCUT2D eigenvalue weighted by atomic mass is 16.1. The van der Waals surface area contributed by atoms with Gasteiger partial charge in [0.05, 0.1) is 0 Å². The lowest BCUT2D eigenvalue weighted by Gasteiger charge is -2.35. The molecule has 0 saturated carbocycles. The molecule has 3 aromatic carbocycles. The molecular weight excluding hydrogens is 336 g/mol. The number of carbonyl (C=O) groups excluding carboxylic acids is 1. The molecule has 0 saturated heterocycles. The summed E-state index contributed by atoms with van der Waals surface area (Å²) in [6.45, 7) is 0. The number of hydrogen-bond acceptors (Lipinski definition) is 3. The van der Waals surface area contributed by atoms with Gasteiger partial charge >= 0.3 is 0 Å². The lowest BCUT2D eigenvalue weighted by Crippen LogP contribution is -2.38. The van der Waals surface area contributed by atoms with E-state index in [-0.39, 0.29) is 5.82 Å². The van der Waals surface area contributed by atoms with Crippen LogP contribution in [-0.4, -0.2) is 20.7 Å². The number of amides is 1. The van der Waals surface area contributed by atoms with Gasteiger partial charge in [0.15, 0.2) is 0 Å². The number of carbonyl (C=O) groups is 1. The maximum atomic E-state index is 11.6. The number of primary amides is 1. The maximum Gasteiger partial charge on any atom is 0.288 e. The molecule has 4 aromatic rings. The van der Waals surface area contributed by atoms with Crippen LogP contribution in [0.15, 0.2) is 97.3 Å². The fourth-order valence-corrected chi connectivity index (χ4v) is 3.47. The van der Waals surface area contributed by atoms with E-state index in [1.807, 2.05) is 91.0 Å². The molecule has 2 N–H and O–H groups in total. The van der Waals surface area contributed by atoms with Crippen LogP contribution in [0, 0.1) is 0 Å². The van der Waals surface area contributed by atoms with Crippen LogP contribution in [0.3, 0.4) is 0 Å². The number of benzene rings is 3. The minimum Gasteiger partial charge on any atom is -0.363 e. The molecule has 0 aliphatic heterocycles. The molecule has 1 aromatic heterocycles. The van der Waals surface area contributed by atoms with Gasteiger partial charge in [-0.05, 0) is 16.7 Å². The smallest absolute Gasteiger partial charge is 0.288 e. The third-order valence-electron chi connectivity index (χ3n) is 4.63. The summed E-state index contributed by atoms with van der Waals surface area (Å²) >= 11 is 0. The van der Waals surface area contributed by atoms with Gasteiger partial charge in [-0.2, -0.15) is 0 Å². The van der Waals surface area contributed by atoms with E-state index in [1.54, 1.807) is 11.0 Å². The van der Waals surface area contributed by atoms with Gasteiger partial charge in [0.1, 0.15) is 11.9 Å². The standard InChI is InChI=1S/C22H18N4O/c23-20(27)21-24-16-26(25-21)22(17-10-4-1-5-11-17,18-12-6-2-7-13-18)19-14-8-3-9-15-19/h1-16H,(H2,23,27). The highest BCUT2D eigenvalue weighted by Crippen LogP contribution is 2.39. The number of nitrogens with two attached hydrogens (primary N) is 1. The van der Waals surface area contributed by atoms with Crippen LogP contribution in [0.4, 0.5) is 0 Å². The Morgan fingerprint density at radius 3 is 1.48 bits per heavy atom. The van der Waals surface area contributed by atoms with Crippen molar-refractivity contribution in [2.45, 2.75) is 5.54 Å². The van der Waals surface area contributed by atoms with Crippen LogP contribution < -0.4 is 5.73 Å².